The molecule has 9 nitrogen and oxygen atoms in total. The van der Waals surface area contributed by atoms with Gasteiger partial charge in [-0.25, -0.2) is 9.59 Å². The van der Waals surface area contributed by atoms with E-state index in [1.54, 1.807) is 31.4 Å². The number of carbonyl (C=O) groups is 3. The van der Waals surface area contributed by atoms with Crippen LogP contribution in [0.1, 0.15) is 62.4 Å². The van der Waals surface area contributed by atoms with Gasteiger partial charge in [-0.2, -0.15) is 0 Å². The van der Waals surface area contributed by atoms with Crippen molar-refractivity contribution >= 4 is 28.9 Å². The number of esters is 1. The summed E-state index contributed by atoms with van der Waals surface area (Å²) in [5, 5.41) is 6.58. The Morgan fingerprint density at radius 2 is 1.59 bits per heavy atom. The zero-order valence-electron chi connectivity index (χ0n) is 28.3. The summed E-state index contributed by atoms with van der Waals surface area (Å²) < 4.78 is 22.9. The van der Waals surface area contributed by atoms with Gasteiger partial charge in [-0.1, -0.05) is 66.7 Å². The maximum Gasteiger partial charge on any atom is 0.407 e. The third-order valence-electron chi connectivity index (χ3n) is 7.62. The lowest BCUT2D eigenvalue weighted by atomic mass is 9.99. The first-order valence-electron chi connectivity index (χ1n) is 16.4. The number of benzene rings is 4. The molecule has 0 aliphatic carbocycles. The van der Waals surface area contributed by atoms with Crippen molar-refractivity contribution in [3.8, 4) is 16.9 Å². The van der Waals surface area contributed by atoms with Crippen LogP contribution < -0.4 is 15.4 Å². The molecule has 254 valence electrons. The highest BCUT2D eigenvalue weighted by atomic mass is 16.6. The van der Waals surface area contributed by atoms with Gasteiger partial charge < -0.3 is 29.3 Å². The Hall–Kier alpha value is -5.57. The van der Waals surface area contributed by atoms with Crippen LogP contribution in [0.25, 0.3) is 22.1 Å². The molecule has 1 heterocycles. The summed E-state index contributed by atoms with van der Waals surface area (Å²) in [5.41, 5.74) is 5.22. The molecule has 9 heteroatoms. The Labute approximate surface area is 286 Å². The van der Waals surface area contributed by atoms with Gasteiger partial charge in [-0.3, -0.25) is 4.79 Å². The van der Waals surface area contributed by atoms with Crippen LogP contribution in [0.4, 0.5) is 4.79 Å². The number of aryl methyl sites for hydroxylation is 1. The maximum absolute atomic E-state index is 13.1. The number of amides is 2. The Kier molecular flexibility index (Phi) is 11.4. The fraction of sp³-hybridized carbons (Fsp3) is 0.275. The van der Waals surface area contributed by atoms with E-state index in [1.807, 2.05) is 99.6 Å². The Bertz CT molecular complexity index is 1890. The van der Waals surface area contributed by atoms with Crippen molar-refractivity contribution in [2.45, 2.75) is 65.3 Å². The molecular formula is C40H42N2O7. The smallest absolute Gasteiger partial charge is 0.407 e. The molecule has 1 atom stereocenters. The molecule has 0 radical (unpaired) electrons. The molecule has 1 aromatic heterocycles. The lowest BCUT2D eigenvalue weighted by Gasteiger charge is -2.21. The number of alkyl carbamates (subject to hydrolysis) is 1. The number of rotatable bonds is 13. The summed E-state index contributed by atoms with van der Waals surface area (Å²) in [5.74, 6) is -0.377. The highest BCUT2D eigenvalue weighted by molar-refractivity contribution is 5.93. The van der Waals surface area contributed by atoms with Gasteiger partial charge in [0.2, 0.25) is 5.91 Å². The Morgan fingerprint density at radius 3 is 2.37 bits per heavy atom. The van der Waals surface area contributed by atoms with Crippen LogP contribution in [0.5, 0.6) is 5.75 Å². The number of hydrogen-bond donors (Lipinski definition) is 2. The molecule has 2 amide bonds. The predicted molar refractivity (Wildman–Crippen MR) is 188 cm³/mol. The van der Waals surface area contributed by atoms with Crippen molar-refractivity contribution in [3.63, 3.8) is 0 Å². The largest absolute Gasteiger partial charge is 0.489 e. The normalized spacial score (nSPS) is 11.8. The van der Waals surface area contributed by atoms with Gasteiger partial charge in [0.1, 0.15) is 23.5 Å². The second-order valence-corrected chi connectivity index (χ2v) is 12.6. The van der Waals surface area contributed by atoms with Gasteiger partial charge in [0, 0.05) is 29.5 Å². The summed E-state index contributed by atoms with van der Waals surface area (Å²) in [6, 6.07) is 29.6. The predicted octanol–water partition coefficient (Wildman–Crippen LogP) is 8.06. The number of para-hydroxylation sites is 1. The summed E-state index contributed by atoms with van der Waals surface area (Å²) in [6.07, 6.45) is 1.92. The first-order chi connectivity index (χ1) is 23.6. The lowest BCUT2D eigenvalue weighted by molar-refractivity contribution is -0.147. The van der Waals surface area contributed by atoms with E-state index in [1.165, 1.54) is 0 Å². The van der Waals surface area contributed by atoms with Gasteiger partial charge in [0.25, 0.3) is 0 Å². The maximum atomic E-state index is 13.1. The van der Waals surface area contributed by atoms with E-state index in [2.05, 4.69) is 10.6 Å². The first-order valence-corrected chi connectivity index (χ1v) is 16.4. The number of hydrogen-bond acceptors (Lipinski definition) is 7. The number of nitrogens with one attached hydrogen (secondary N) is 2. The average molecular weight is 663 g/mol. The summed E-state index contributed by atoms with van der Waals surface area (Å²) in [7, 11) is 0. The van der Waals surface area contributed by atoms with Crippen molar-refractivity contribution in [2.24, 2.45) is 0 Å². The molecule has 0 saturated carbocycles. The molecule has 0 spiro atoms. The van der Waals surface area contributed by atoms with Crippen molar-refractivity contribution in [2.75, 3.05) is 6.61 Å². The zero-order valence-corrected chi connectivity index (χ0v) is 28.3. The molecule has 0 aliphatic rings. The first kappa shape index (κ1) is 34.8. The molecular weight excluding hydrogens is 620 g/mol. The summed E-state index contributed by atoms with van der Waals surface area (Å²) >= 11 is 0. The topological polar surface area (TPSA) is 116 Å². The standard InChI is InChI=1S/C40H42N2O7/c1-5-46-38(44)36(42-35(43)19-18-27-12-7-6-8-13-27)32-16-9-10-17-34(32)48-26-29-23-31-20-21-47-37(31)33(24-29)30-15-11-14-28(22-30)25-41-39(45)49-40(2,3)4/h6-17,20-24,36H,5,18-19,25-26H2,1-4H3,(H,41,45)(H,42,43). The van der Waals surface area contributed by atoms with E-state index >= 15 is 0 Å². The second kappa shape index (κ2) is 16.0. The molecule has 49 heavy (non-hydrogen) atoms. The number of ether oxygens (including phenoxy) is 3. The van der Waals surface area contributed by atoms with Crippen LogP contribution in [-0.2, 0) is 38.6 Å². The highest BCUT2D eigenvalue weighted by Gasteiger charge is 2.27. The quantitative estimate of drug-likeness (QED) is 0.123. The molecule has 0 aliphatic heterocycles. The minimum Gasteiger partial charge on any atom is -0.489 e. The highest BCUT2D eigenvalue weighted by Crippen LogP contribution is 2.33. The Balaban J connectivity index is 1.34. The number of carbonyl (C=O) groups excluding carboxylic acids is 3. The third kappa shape index (κ3) is 9.73. The van der Waals surface area contributed by atoms with E-state index in [4.69, 9.17) is 18.6 Å². The van der Waals surface area contributed by atoms with Crippen LogP contribution in [-0.4, -0.2) is 30.2 Å². The summed E-state index contributed by atoms with van der Waals surface area (Å²) in [4.78, 5) is 38.4. The van der Waals surface area contributed by atoms with Crippen LogP contribution in [0.15, 0.2) is 108 Å². The molecule has 1 unspecified atom stereocenters. The zero-order chi connectivity index (χ0) is 34.8. The number of fused-ring (bicyclic) bond motifs is 1. The van der Waals surface area contributed by atoms with E-state index in [9.17, 15) is 14.4 Å². The van der Waals surface area contributed by atoms with Gasteiger partial charge in [-0.05, 0) is 86.7 Å². The van der Waals surface area contributed by atoms with Crippen molar-refractivity contribution < 1.29 is 33.0 Å². The van der Waals surface area contributed by atoms with Gasteiger partial charge in [0.05, 0.1) is 12.9 Å². The van der Waals surface area contributed by atoms with Crippen molar-refractivity contribution in [1.29, 1.82) is 0 Å². The second-order valence-electron chi connectivity index (χ2n) is 12.6. The fourth-order valence-electron chi connectivity index (χ4n) is 5.42. The lowest BCUT2D eigenvalue weighted by Crippen LogP contribution is -2.35. The Morgan fingerprint density at radius 1 is 0.837 bits per heavy atom. The van der Waals surface area contributed by atoms with Crippen molar-refractivity contribution in [3.05, 3.63) is 126 Å². The minimum atomic E-state index is -1.04. The SMILES string of the molecule is CCOC(=O)C(NC(=O)CCc1ccccc1)c1ccccc1OCc1cc(-c2cccc(CNC(=O)OC(C)(C)C)c2)c2occc2c1. The molecule has 5 aromatic rings. The van der Waals surface area contributed by atoms with Crippen LogP contribution in [0.2, 0.25) is 0 Å². The average Bonchev–Trinajstić information content (AvgIpc) is 3.56. The third-order valence-corrected chi connectivity index (χ3v) is 7.62. The molecule has 0 saturated heterocycles. The van der Waals surface area contributed by atoms with E-state index < -0.39 is 23.7 Å². The summed E-state index contributed by atoms with van der Waals surface area (Å²) in [6.45, 7) is 7.85. The molecule has 2 N–H and O–H groups in total. The minimum absolute atomic E-state index is 0.171. The van der Waals surface area contributed by atoms with E-state index in [0.29, 0.717) is 24.3 Å². The molecule has 4 aromatic carbocycles. The van der Waals surface area contributed by atoms with E-state index in [-0.39, 0.29) is 25.5 Å². The van der Waals surface area contributed by atoms with E-state index in [0.717, 1.165) is 38.8 Å². The van der Waals surface area contributed by atoms with Crippen molar-refractivity contribution in [1.82, 2.24) is 10.6 Å². The van der Waals surface area contributed by atoms with Gasteiger partial charge in [0.15, 0.2) is 6.04 Å². The monoisotopic (exact) mass is 662 g/mol. The molecule has 0 fully saturated rings. The van der Waals surface area contributed by atoms with Gasteiger partial charge in [-0.15, -0.1) is 0 Å². The van der Waals surface area contributed by atoms with Gasteiger partial charge >= 0.3 is 12.1 Å². The number of furan rings is 1. The molecule has 0 bridgehead atoms. The fourth-order valence-corrected chi connectivity index (χ4v) is 5.42. The van der Waals surface area contributed by atoms with Crippen LogP contribution in [0, 0.1) is 0 Å². The van der Waals surface area contributed by atoms with Crippen LogP contribution in [0.3, 0.4) is 0 Å². The molecule has 5 rings (SSSR count). The van der Waals surface area contributed by atoms with Crippen LogP contribution >= 0.6 is 0 Å².